The zero-order valence-corrected chi connectivity index (χ0v) is 14.5. The molecule has 0 aliphatic carbocycles. The number of carbonyl (C=O) groups excluding carboxylic acids is 1. The molecule has 1 aliphatic rings. The molecule has 5 heteroatoms. The Morgan fingerprint density at radius 3 is 2.62 bits per heavy atom. The molecule has 0 saturated carbocycles. The van der Waals surface area contributed by atoms with E-state index < -0.39 is 6.10 Å². The number of amides is 1. The summed E-state index contributed by atoms with van der Waals surface area (Å²) in [7, 11) is 1.62. The Hall–Kier alpha value is -1.88. The molecule has 0 aromatic heterocycles. The van der Waals surface area contributed by atoms with Crippen LogP contribution in [0.1, 0.15) is 27.0 Å². The number of aliphatic hydroxyl groups excluding tert-OH is 1. The van der Waals surface area contributed by atoms with E-state index in [4.69, 9.17) is 0 Å². The van der Waals surface area contributed by atoms with E-state index in [-0.39, 0.29) is 24.4 Å². The molecule has 2 aromatic rings. The van der Waals surface area contributed by atoms with Crippen molar-refractivity contribution in [2.45, 2.75) is 31.5 Å². The van der Waals surface area contributed by atoms with E-state index in [9.17, 15) is 9.90 Å². The molecule has 2 atom stereocenters. The molecule has 0 saturated heterocycles. The van der Waals surface area contributed by atoms with Gasteiger partial charge in [-0.1, -0.05) is 42.5 Å². The molecule has 128 valence electrons. The number of nitrogens with one attached hydrogen (secondary N) is 2. The van der Waals surface area contributed by atoms with Gasteiger partial charge in [0.15, 0.2) is 0 Å². The molecular weight excluding hydrogens is 324 g/mol. The number of carbonyl (C=O) groups is 1. The number of rotatable bonds is 4. The van der Waals surface area contributed by atoms with Crippen LogP contribution in [0.25, 0.3) is 0 Å². The van der Waals surface area contributed by atoms with Gasteiger partial charge in [-0.05, 0) is 29.2 Å². The Morgan fingerprint density at radius 1 is 1.21 bits per heavy atom. The van der Waals surface area contributed by atoms with E-state index in [1.165, 1.54) is 11.1 Å². The highest BCUT2D eigenvalue weighted by Crippen LogP contribution is 2.20. The van der Waals surface area contributed by atoms with Gasteiger partial charge in [-0.25, -0.2) is 0 Å². The molecule has 24 heavy (non-hydrogen) atoms. The van der Waals surface area contributed by atoms with Gasteiger partial charge < -0.3 is 15.7 Å². The highest BCUT2D eigenvalue weighted by atomic mass is 35.5. The quantitative estimate of drug-likeness (QED) is 0.794. The number of aliphatic hydroxyl groups is 1. The van der Waals surface area contributed by atoms with Crippen LogP contribution >= 0.6 is 12.4 Å². The van der Waals surface area contributed by atoms with Crippen LogP contribution in [-0.2, 0) is 19.4 Å². The number of fused-ring (bicyclic) bond motifs is 1. The van der Waals surface area contributed by atoms with E-state index in [2.05, 4.69) is 22.8 Å². The predicted octanol–water partition coefficient (Wildman–Crippen LogP) is 2.09. The Morgan fingerprint density at radius 2 is 1.88 bits per heavy atom. The maximum Gasteiger partial charge on any atom is 0.251 e. The van der Waals surface area contributed by atoms with Crippen LogP contribution in [0.3, 0.4) is 0 Å². The van der Waals surface area contributed by atoms with Gasteiger partial charge >= 0.3 is 0 Å². The second-order valence-corrected chi connectivity index (χ2v) is 5.97. The van der Waals surface area contributed by atoms with Crippen molar-refractivity contribution in [1.29, 1.82) is 0 Å². The van der Waals surface area contributed by atoms with E-state index in [0.29, 0.717) is 12.0 Å². The largest absolute Gasteiger partial charge is 0.391 e. The molecule has 0 fully saturated rings. The van der Waals surface area contributed by atoms with Crippen LogP contribution in [0.15, 0.2) is 48.5 Å². The molecule has 4 nitrogen and oxygen atoms in total. The van der Waals surface area contributed by atoms with Crippen molar-refractivity contribution in [2.24, 2.45) is 0 Å². The van der Waals surface area contributed by atoms with Gasteiger partial charge in [0.2, 0.25) is 0 Å². The van der Waals surface area contributed by atoms with E-state index >= 15 is 0 Å². The van der Waals surface area contributed by atoms with Gasteiger partial charge in [0.25, 0.3) is 5.91 Å². The summed E-state index contributed by atoms with van der Waals surface area (Å²) in [6, 6.07) is 15.8. The van der Waals surface area contributed by atoms with Crippen LogP contribution < -0.4 is 10.6 Å². The average molecular weight is 347 g/mol. The fraction of sp³-hybridized carbons (Fsp3) is 0.316. The van der Waals surface area contributed by atoms with Gasteiger partial charge in [0, 0.05) is 31.6 Å². The van der Waals surface area contributed by atoms with Gasteiger partial charge in [-0.3, -0.25) is 4.79 Å². The van der Waals surface area contributed by atoms with Gasteiger partial charge in [0.1, 0.15) is 0 Å². The monoisotopic (exact) mass is 346 g/mol. The van der Waals surface area contributed by atoms with Crippen molar-refractivity contribution < 1.29 is 9.90 Å². The first-order chi connectivity index (χ1) is 11.2. The maximum absolute atomic E-state index is 11.9. The van der Waals surface area contributed by atoms with E-state index in [1.807, 2.05) is 30.3 Å². The number of hydrogen-bond acceptors (Lipinski definition) is 3. The van der Waals surface area contributed by atoms with Gasteiger partial charge in [0.05, 0.1) is 6.10 Å². The zero-order valence-electron chi connectivity index (χ0n) is 13.7. The lowest BCUT2D eigenvalue weighted by molar-refractivity contribution is 0.0958. The third-order valence-electron chi connectivity index (χ3n) is 4.50. The van der Waals surface area contributed by atoms with Crippen molar-refractivity contribution >= 4 is 18.3 Å². The Balaban J connectivity index is 0.00000208. The lowest BCUT2D eigenvalue weighted by Crippen LogP contribution is -2.45. The van der Waals surface area contributed by atoms with Crippen molar-refractivity contribution in [1.82, 2.24) is 10.6 Å². The van der Waals surface area contributed by atoms with E-state index in [1.54, 1.807) is 13.1 Å². The highest BCUT2D eigenvalue weighted by Gasteiger charge is 2.25. The van der Waals surface area contributed by atoms with E-state index in [0.717, 1.165) is 18.5 Å². The molecule has 3 rings (SSSR count). The van der Waals surface area contributed by atoms with Gasteiger partial charge in [-0.2, -0.15) is 0 Å². The molecule has 0 spiro atoms. The van der Waals surface area contributed by atoms with Gasteiger partial charge in [-0.15, -0.1) is 12.4 Å². The third kappa shape index (κ3) is 3.96. The first-order valence-corrected chi connectivity index (χ1v) is 7.97. The first-order valence-electron chi connectivity index (χ1n) is 7.97. The number of hydrogen-bond donors (Lipinski definition) is 3. The van der Waals surface area contributed by atoms with Crippen molar-refractivity contribution in [2.75, 3.05) is 7.05 Å². The summed E-state index contributed by atoms with van der Waals surface area (Å²) in [5.41, 5.74) is 4.09. The third-order valence-corrected chi connectivity index (χ3v) is 4.50. The summed E-state index contributed by atoms with van der Waals surface area (Å²) in [4.78, 5) is 11.9. The highest BCUT2D eigenvalue weighted by molar-refractivity contribution is 5.95. The minimum Gasteiger partial charge on any atom is -0.391 e. The van der Waals surface area contributed by atoms with Crippen LogP contribution in [-0.4, -0.2) is 30.2 Å². The summed E-state index contributed by atoms with van der Waals surface area (Å²) in [6.45, 7) is 0.773. The summed E-state index contributed by atoms with van der Waals surface area (Å²) < 4.78 is 0. The molecule has 1 heterocycles. The van der Waals surface area contributed by atoms with Crippen LogP contribution in [0.2, 0.25) is 0 Å². The number of benzene rings is 2. The molecule has 0 bridgehead atoms. The second kappa shape index (κ2) is 8.29. The fourth-order valence-electron chi connectivity index (χ4n) is 3.17. The van der Waals surface area contributed by atoms with Crippen LogP contribution in [0, 0.1) is 0 Å². The molecule has 0 unspecified atom stereocenters. The minimum atomic E-state index is -0.533. The van der Waals surface area contributed by atoms with Crippen molar-refractivity contribution in [3.8, 4) is 0 Å². The predicted molar refractivity (Wildman–Crippen MR) is 97.6 cm³/mol. The number of halogens is 1. The van der Waals surface area contributed by atoms with Crippen molar-refractivity contribution in [3.05, 3.63) is 70.8 Å². The Labute approximate surface area is 148 Å². The Bertz CT molecular complexity index is 705. The standard InChI is InChI=1S/C19H22N2O2.ClH/c1-20-19(23)16-9-5-4-7-14(16)11-18(22)17-10-13-6-2-3-8-15(13)12-21-17;/h2-9,17-18,21-22H,10-12H2,1H3,(H,20,23);1H/t17-,18+;/m0./s1. The molecule has 1 amide bonds. The summed E-state index contributed by atoms with van der Waals surface area (Å²) >= 11 is 0. The summed E-state index contributed by atoms with van der Waals surface area (Å²) in [5.74, 6) is -0.116. The summed E-state index contributed by atoms with van der Waals surface area (Å²) in [6.07, 6.45) is 0.734. The van der Waals surface area contributed by atoms with Crippen LogP contribution in [0.4, 0.5) is 0 Å². The Kier molecular flexibility index (Phi) is 6.37. The molecule has 2 aromatic carbocycles. The SMILES string of the molecule is CNC(=O)c1ccccc1C[C@@H](O)[C@@H]1Cc2ccccc2CN1.Cl. The fourth-order valence-corrected chi connectivity index (χ4v) is 3.17. The normalized spacial score (nSPS) is 17.3. The first kappa shape index (κ1) is 18.5. The topological polar surface area (TPSA) is 61.4 Å². The molecular formula is C19H23ClN2O2. The molecule has 3 N–H and O–H groups in total. The molecule has 0 radical (unpaired) electrons. The maximum atomic E-state index is 11.9. The molecule has 1 aliphatic heterocycles. The minimum absolute atomic E-state index is 0. The lowest BCUT2D eigenvalue weighted by atomic mass is 9.89. The average Bonchev–Trinajstić information content (AvgIpc) is 2.61. The lowest BCUT2D eigenvalue weighted by Gasteiger charge is -2.30. The summed E-state index contributed by atoms with van der Waals surface area (Å²) in [5, 5.41) is 16.7. The second-order valence-electron chi connectivity index (χ2n) is 5.97. The zero-order chi connectivity index (χ0) is 16.2. The van der Waals surface area contributed by atoms with Crippen LogP contribution in [0.5, 0.6) is 0 Å². The van der Waals surface area contributed by atoms with Crippen molar-refractivity contribution in [3.63, 3.8) is 0 Å². The smallest absolute Gasteiger partial charge is 0.251 e.